The van der Waals surface area contributed by atoms with Crippen molar-refractivity contribution in [2.24, 2.45) is 5.92 Å². The Labute approximate surface area is 137 Å². The lowest BCUT2D eigenvalue weighted by Crippen LogP contribution is -2.74. The molecule has 23 heavy (non-hydrogen) atoms. The maximum absolute atomic E-state index is 12.7. The fraction of sp³-hybridized carbons (Fsp3) is 0.632. The first-order valence-electron chi connectivity index (χ1n) is 8.55. The topological polar surface area (TPSA) is 47.6 Å². The van der Waals surface area contributed by atoms with Gasteiger partial charge >= 0.3 is 0 Å². The molecule has 1 saturated heterocycles. The zero-order valence-corrected chi connectivity index (χ0v) is 14.1. The number of hydrogen-bond donors (Lipinski definition) is 1. The molecular weight excluding hydrogens is 290 g/mol. The molecule has 1 heterocycles. The van der Waals surface area contributed by atoms with Crippen LogP contribution in [0.1, 0.15) is 37.3 Å². The molecule has 2 fully saturated rings. The van der Waals surface area contributed by atoms with Crippen LogP contribution in [0.5, 0.6) is 5.75 Å². The van der Waals surface area contributed by atoms with Gasteiger partial charge in [-0.05, 0) is 49.1 Å². The SMILES string of the molecule is COc1ccc2c(c1)[C@]13CCN[C@H](C2)[C@]1(OC)C[C@H](C)C(=O)C3. The molecule has 4 heteroatoms. The number of hydrogen-bond acceptors (Lipinski definition) is 4. The average Bonchev–Trinajstić information content (AvgIpc) is 2.55. The number of carbonyl (C=O) groups excluding carboxylic acids is 1. The van der Waals surface area contributed by atoms with Crippen molar-refractivity contribution in [1.29, 1.82) is 0 Å². The molecule has 1 aromatic rings. The van der Waals surface area contributed by atoms with Gasteiger partial charge in [-0.25, -0.2) is 0 Å². The largest absolute Gasteiger partial charge is 0.497 e. The molecule has 4 atom stereocenters. The van der Waals surface area contributed by atoms with Gasteiger partial charge in [0.25, 0.3) is 0 Å². The summed E-state index contributed by atoms with van der Waals surface area (Å²) in [4.78, 5) is 12.7. The van der Waals surface area contributed by atoms with Gasteiger partial charge in [0.15, 0.2) is 0 Å². The van der Waals surface area contributed by atoms with Crippen LogP contribution in [0.15, 0.2) is 18.2 Å². The number of piperidine rings is 1. The van der Waals surface area contributed by atoms with E-state index in [9.17, 15) is 4.79 Å². The molecule has 1 aromatic carbocycles. The summed E-state index contributed by atoms with van der Waals surface area (Å²) >= 11 is 0. The standard InChI is InChI=1S/C19H25NO3/c1-12-10-19(23-3)17-8-13-4-5-14(22-2)9-15(13)18(19,6-7-20-17)11-16(12)21/h4-5,9,12,17,20H,6-8,10-11H2,1-3H3/t12-,17+,18+,19+/m0/s1. The molecule has 0 unspecified atom stereocenters. The molecular formula is C19H25NO3. The van der Waals surface area contributed by atoms with Gasteiger partial charge in [-0.3, -0.25) is 4.79 Å². The number of nitrogens with one attached hydrogen (secondary N) is 1. The first-order valence-corrected chi connectivity index (χ1v) is 8.55. The summed E-state index contributed by atoms with van der Waals surface area (Å²) < 4.78 is 11.7. The number of carbonyl (C=O) groups is 1. The lowest BCUT2D eigenvalue weighted by Gasteiger charge is -2.63. The number of ether oxygens (including phenoxy) is 2. The van der Waals surface area contributed by atoms with Gasteiger partial charge in [-0.2, -0.15) is 0 Å². The van der Waals surface area contributed by atoms with Gasteiger partial charge in [0, 0.05) is 30.9 Å². The van der Waals surface area contributed by atoms with E-state index in [0.717, 1.165) is 31.6 Å². The lowest BCUT2D eigenvalue weighted by atomic mass is 9.48. The van der Waals surface area contributed by atoms with Crippen molar-refractivity contribution in [1.82, 2.24) is 5.32 Å². The van der Waals surface area contributed by atoms with Crippen molar-refractivity contribution < 1.29 is 14.3 Å². The van der Waals surface area contributed by atoms with Crippen molar-refractivity contribution in [3.63, 3.8) is 0 Å². The van der Waals surface area contributed by atoms with E-state index in [1.165, 1.54) is 11.1 Å². The smallest absolute Gasteiger partial charge is 0.136 e. The molecule has 124 valence electrons. The molecule has 1 saturated carbocycles. The zero-order valence-electron chi connectivity index (χ0n) is 14.1. The number of fused-ring (bicyclic) bond motifs is 1. The van der Waals surface area contributed by atoms with Crippen LogP contribution >= 0.6 is 0 Å². The van der Waals surface area contributed by atoms with E-state index >= 15 is 0 Å². The molecule has 1 aliphatic heterocycles. The van der Waals surface area contributed by atoms with E-state index < -0.39 is 0 Å². The number of ketones is 1. The molecule has 0 spiro atoms. The second-order valence-corrected chi connectivity index (χ2v) is 7.41. The van der Waals surface area contributed by atoms with Crippen LogP contribution in [0.2, 0.25) is 0 Å². The van der Waals surface area contributed by atoms with Gasteiger partial charge in [0.05, 0.1) is 12.7 Å². The highest BCUT2D eigenvalue weighted by Gasteiger charge is 2.65. The molecule has 2 aliphatic carbocycles. The minimum Gasteiger partial charge on any atom is -0.497 e. The minimum atomic E-state index is -0.294. The van der Waals surface area contributed by atoms with Crippen LogP contribution in [0.25, 0.3) is 0 Å². The molecule has 3 aliphatic rings. The fourth-order valence-electron chi connectivity index (χ4n) is 5.43. The fourth-order valence-corrected chi connectivity index (χ4v) is 5.43. The summed E-state index contributed by atoms with van der Waals surface area (Å²) in [5.41, 5.74) is 2.09. The van der Waals surface area contributed by atoms with Crippen LogP contribution in [-0.2, 0) is 21.4 Å². The Hall–Kier alpha value is -1.39. The number of benzene rings is 1. The normalized spacial score (nSPS) is 38.7. The van der Waals surface area contributed by atoms with Gasteiger partial charge in [0.2, 0.25) is 0 Å². The molecule has 0 radical (unpaired) electrons. The second-order valence-electron chi connectivity index (χ2n) is 7.41. The first-order chi connectivity index (χ1) is 11.1. The zero-order chi connectivity index (χ0) is 16.2. The maximum Gasteiger partial charge on any atom is 0.136 e. The highest BCUT2D eigenvalue weighted by atomic mass is 16.5. The number of Topliss-reactive ketones (excluding diaryl/α,β-unsaturated/α-hetero) is 1. The van der Waals surface area contributed by atoms with Crippen LogP contribution < -0.4 is 10.1 Å². The van der Waals surface area contributed by atoms with Crippen molar-refractivity contribution in [3.8, 4) is 5.75 Å². The average molecular weight is 315 g/mol. The van der Waals surface area contributed by atoms with Gasteiger partial charge in [-0.1, -0.05) is 13.0 Å². The van der Waals surface area contributed by atoms with E-state index in [4.69, 9.17) is 9.47 Å². The third-order valence-corrected chi connectivity index (χ3v) is 6.57. The highest BCUT2D eigenvalue weighted by Crippen LogP contribution is 2.58. The Morgan fingerprint density at radius 1 is 1.30 bits per heavy atom. The molecule has 2 bridgehead atoms. The van der Waals surface area contributed by atoms with Crippen molar-refractivity contribution in [2.45, 2.75) is 49.7 Å². The van der Waals surface area contributed by atoms with Crippen molar-refractivity contribution in [3.05, 3.63) is 29.3 Å². The van der Waals surface area contributed by atoms with E-state index in [1.54, 1.807) is 7.11 Å². The van der Waals surface area contributed by atoms with Gasteiger partial charge < -0.3 is 14.8 Å². The summed E-state index contributed by atoms with van der Waals surface area (Å²) in [7, 11) is 3.52. The quantitative estimate of drug-likeness (QED) is 0.909. The van der Waals surface area contributed by atoms with E-state index in [0.29, 0.717) is 12.2 Å². The Morgan fingerprint density at radius 2 is 2.13 bits per heavy atom. The molecule has 4 rings (SSSR count). The summed E-state index contributed by atoms with van der Waals surface area (Å²) in [5.74, 6) is 1.30. The third-order valence-electron chi connectivity index (χ3n) is 6.57. The van der Waals surface area contributed by atoms with Crippen LogP contribution in [0.4, 0.5) is 0 Å². The summed E-state index contributed by atoms with van der Waals surface area (Å²) in [6, 6.07) is 6.61. The van der Waals surface area contributed by atoms with Crippen LogP contribution in [0.3, 0.4) is 0 Å². The Bertz CT molecular complexity index is 658. The van der Waals surface area contributed by atoms with E-state index in [1.807, 2.05) is 20.1 Å². The second kappa shape index (κ2) is 5.05. The van der Waals surface area contributed by atoms with Gasteiger partial charge in [0.1, 0.15) is 11.5 Å². The van der Waals surface area contributed by atoms with Crippen molar-refractivity contribution >= 4 is 5.78 Å². The van der Waals surface area contributed by atoms with E-state index in [2.05, 4.69) is 17.4 Å². The van der Waals surface area contributed by atoms with Crippen LogP contribution in [0, 0.1) is 5.92 Å². The van der Waals surface area contributed by atoms with E-state index in [-0.39, 0.29) is 23.0 Å². The predicted molar refractivity (Wildman–Crippen MR) is 87.9 cm³/mol. The summed E-state index contributed by atoms with van der Waals surface area (Å²) in [6.45, 7) is 2.99. The molecule has 4 nitrogen and oxygen atoms in total. The third kappa shape index (κ3) is 1.82. The maximum atomic E-state index is 12.7. The Kier molecular flexibility index (Phi) is 3.33. The predicted octanol–water partition coefficient (Wildman–Crippen LogP) is 2.24. The van der Waals surface area contributed by atoms with Crippen molar-refractivity contribution in [2.75, 3.05) is 20.8 Å². The Morgan fingerprint density at radius 3 is 2.87 bits per heavy atom. The highest BCUT2D eigenvalue weighted by molar-refractivity contribution is 5.84. The first kappa shape index (κ1) is 15.2. The summed E-state index contributed by atoms with van der Waals surface area (Å²) in [6.07, 6.45) is 3.28. The van der Waals surface area contributed by atoms with Gasteiger partial charge in [-0.15, -0.1) is 0 Å². The monoisotopic (exact) mass is 315 g/mol. The minimum absolute atomic E-state index is 0.0673. The number of methoxy groups -OCH3 is 2. The summed E-state index contributed by atoms with van der Waals surface area (Å²) in [5, 5.41) is 3.67. The molecule has 1 N–H and O–H groups in total. The molecule has 0 aromatic heterocycles. The lowest BCUT2D eigenvalue weighted by molar-refractivity contribution is -0.169. The van der Waals surface area contributed by atoms with Crippen LogP contribution in [-0.4, -0.2) is 38.2 Å². The molecule has 0 amide bonds. The Balaban J connectivity index is 1.96. The number of rotatable bonds is 2.